The first-order chi connectivity index (χ1) is 7.91. The van der Waals surface area contributed by atoms with Crippen LogP contribution < -0.4 is 0 Å². The average Bonchev–Trinajstić information content (AvgIpc) is 2.31. The van der Waals surface area contributed by atoms with Gasteiger partial charge in [0.25, 0.3) is 0 Å². The van der Waals surface area contributed by atoms with Gasteiger partial charge in [0.05, 0.1) is 0 Å². The Bertz CT molecular complexity index is 98.0. The van der Waals surface area contributed by atoms with Crippen LogP contribution in [-0.2, 0) is 4.74 Å². The lowest BCUT2D eigenvalue weighted by Crippen LogP contribution is -1.96. The summed E-state index contributed by atoms with van der Waals surface area (Å²) >= 11 is 0. The van der Waals surface area contributed by atoms with E-state index in [1.165, 1.54) is 64.2 Å². The molecule has 1 heteroatoms. The summed E-state index contributed by atoms with van der Waals surface area (Å²) in [5.74, 6) is 0. The number of hydrogen-bond donors (Lipinski definition) is 0. The minimum absolute atomic E-state index is 0.960. The van der Waals surface area contributed by atoms with Crippen LogP contribution >= 0.6 is 0 Å². The molecule has 0 unspecified atom stereocenters. The fraction of sp³-hybridized carbons (Fsp3) is 0.933. The summed E-state index contributed by atoms with van der Waals surface area (Å²) in [6.45, 7) is 8.00. The third-order valence-corrected chi connectivity index (χ3v) is 2.93. The number of unbranched alkanes of at least 4 members (excludes halogenated alkanes) is 9. The first-order valence-electron chi connectivity index (χ1n) is 7.28. The van der Waals surface area contributed by atoms with Crippen LogP contribution in [0.2, 0.25) is 0 Å². The minimum atomic E-state index is 0.960. The normalized spacial score (nSPS) is 10.9. The molecular weight excluding hydrogens is 196 g/mol. The molecule has 0 bridgehead atoms. The molecule has 1 radical (unpaired) electrons. The van der Waals surface area contributed by atoms with E-state index in [-0.39, 0.29) is 0 Å². The lowest BCUT2D eigenvalue weighted by Gasteiger charge is -2.03. The van der Waals surface area contributed by atoms with Gasteiger partial charge in [0, 0.05) is 13.2 Å². The molecule has 0 saturated heterocycles. The Hall–Kier alpha value is -0.0400. The molecule has 0 aliphatic heterocycles. The molecule has 0 aromatic carbocycles. The second-order valence-electron chi connectivity index (χ2n) is 4.65. The molecule has 16 heavy (non-hydrogen) atoms. The van der Waals surface area contributed by atoms with E-state index in [0.29, 0.717) is 0 Å². The third-order valence-electron chi connectivity index (χ3n) is 2.93. The van der Waals surface area contributed by atoms with Gasteiger partial charge < -0.3 is 4.74 Å². The van der Waals surface area contributed by atoms with Crippen LogP contribution in [0, 0.1) is 6.92 Å². The summed E-state index contributed by atoms with van der Waals surface area (Å²) in [7, 11) is 0. The summed E-state index contributed by atoms with van der Waals surface area (Å²) in [4.78, 5) is 0. The van der Waals surface area contributed by atoms with Gasteiger partial charge in [-0.25, -0.2) is 0 Å². The predicted octanol–water partition coefficient (Wildman–Crippen LogP) is 5.15. The van der Waals surface area contributed by atoms with Crippen molar-refractivity contribution in [3.63, 3.8) is 0 Å². The van der Waals surface area contributed by atoms with E-state index in [4.69, 9.17) is 4.74 Å². The summed E-state index contributed by atoms with van der Waals surface area (Å²) in [6, 6.07) is 0. The van der Waals surface area contributed by atoms with Gasteiger partial charge in [-0.1, -0.05) is 71.6 Å². The molecule has 1 nitrogen and oxygen atoms in total. The van der Waals surface area contributed by atoms with Crippen LogP contribution in [0.15, 0.2) is 0 Å². The van der Waals surface area contributed by atoms with E-state index >= 15 is 0 Å². The first kappa shape index (κ1) is 16.0. The van der Waals surface area contributed by atoms with E-state index in [1.807, 2.05) is 0 Å². The maximum Gasteiger partial charge on any atom is 0.0466 e. The monoisotopic (exact) mass is 227 g/mol. The molecule has 97 valence electrons. The average molecular weight is 227 g/mol. The van der Waals surface area contributed by atoms with Gasteiger partial charge in [-0.15, -0.1) is 0 Å². The SMILES string of the molecule is [CH2]CCCCCCCCCCOCCCC. The van der Waals surface area contributed by atoms with Crippen LogP contribution in [0.5, 0.6) is 0 Å². The topological polar surface area (TPSA) is 9.23 Å². The highest BCUT2D eigenvalue weighted by molar-refractivity contribution is 4.48. The second-order valence-corrected chi connectivity index (χ2v) is 4.65. The second kappa shape index (κ2) is 15.0. The van der Waals surface area contributed by atoms with E-state index in [0.717, 1.165) is 19.6 Å². The van der Waals surface area contributed by atoms with E-state index < -0.39 is 0 Å². The Kier molecular flexibility index (Phi) is 14.9. The molecule has 0 N–H and O–H groups in total. The zero-order valence-electron chi connectivity index (χ0n) is 11.3. The number of ether oxygens (including phenoxy) is 1. The molecule has 0 fully saturated rings. The molecule has 0 atom stereocenters. The van der Waals surface area contributed by atoms with Crippen molar-refractivity contribution in [2.75, 3.05) is 13.2 Å². The van der Waals surface area contributed by atoms with E-state index in [2.05, 4.69) is 13.8 Å². The van der Waals surface area contributed by atoms with Crippen LogP contribution in [0.1, 0.15) is 77.6 Å². The van der Waals surface area contributed by atoms with Crippen LogP contribution in [-0.4, -0.2) is 13.2 Å². The molecular formula is C15H31O. The largest absolute Gasteiger partial charge is 0.381 e. The molecule has 0 heterocycles. The van der Waals surface area contributed by atoms with Gasteiger partial charge in [0.2, 0.25) is 0 Å². The van der Waals surface area contributed by atoms with Crippen molar-refractivity contribution < 1.29 is 4.74 Å². The summed E-state index contributed by atoms with van der Waals surface area (Å²) in [5.41, 5.74) is 0. The van der Waals surface area contributed by atoms with Crippen LogP contribution in [0.25, 0.3) is 0 Å². The van der Waals surface area contributed by atoms with Crippen LogP contribution in [0.3, 0.4) is 0 Å². The highest BCUT2D eigenvalue weighted by Gasteiger charge is 1.92. The summed E-state index contributed by atoms with van der Waals surface area (Å²) < 4.78 is 5.53. The minimum Gasteiger partial charge on any atom is -0.381 e. The fourth-order valence-corrected chi connectivity index (χ4v) is 1.79. The maximum atomic E-state index is 5.53. The quantitative estimate of drug-likeness (QED) is 0.395. The Morgan fingerprint density at radius 3 is 1.75 bits per heavy atom. The zero-order valence-corrected chi connectivity index (χ0v) is 11.3. The van der Waals surface area contributed by atoms with E-state index in [1.54, 1.807) is 0 Å². The molecule has 0 aromatic heterocycles. The summed E-state index contributed by atoms with van der Waals surface area (Å²) in [5, 5.41) is 0. The van der Waals surface area contributed by atoms with Crippen molar-refractivity contribution in [1.29, 1.82) is 0 Å². The van der Waals surface area contributed by atoms with Crippen molar-refractivity contribution in [3.05, 3.63) is 6.92 Å². The van der Waals surface area contributed by atoms with Gasteiger partial charge in [-0.2, -0.15) is 0 Å². The van der Waals surface area contributed by atoms with Crippen molar-refractivity contribution in [3.8, 4) is 0 Å². The van der Waals surface area contributed by atoms with Crippen LogP contribution in [0.4, 0.5) is 0 Å². The highest BCUT2D eigenvalue weighted by atomic mass is 16.5. The van der Waals surface area contributed by atoms with Gasteiger partial charge in [-0.05, 0) is 12.8 Å². The smallest absolute Gasteiger partial charge is 0.0466 e. The van der Waals surface area contributed by atoms with Gasteiger partial charge >= 0.3 is 0 Å². The highest BCUT2D eigenvalue weighted by Crippen LogP contribution is 2.09. The van der Waals surface area contributed by atoms with Crippen molar-refractivity contribution >= 4 is 0 Å². The van der Waals surface area contributed by atoms with Gasteiger partial charge in [-0.3, -0.25) is 0 Å². The standard InChI is InChI=1S/C15H31O/c1-3-5-7-8-9-10-11-12-13-15-16-14-6-4-2/h1,3-15H2,2H3. The molecule has 0 rings (SSSR count). The van der Waals surface area contributed by atoms with Crippen molar-refractivity contribution in [2.24, 2.45) is 0 Å². The molecule has 0 amide bonds. The number of hydrogen-bond acceptors (Lipinski definition) is 1. The lowest BCUT2D eigenvalue weighted by atomic mass is 10.1. The molecule has 0 aromatic rings. The number of rotatable bonds is 13. The first-order valence-corrected chi connectivity index (χ1v) is 7.28. The maximum absolute atomic E-state index is 5.53. The van der Waals surface area contributed by atoms with Gasteiger partial charge in [0.1, 0.15) is 0 Å². The molecule has 0 aliphatic rings. The molecule has 0 spiro atoms. The van der Waals surface area contributed by atoms with Crippen molar-refractivity contribution in [1.82, 2.24) is 0 Å². The molecule has 0 saturated carbocycles. The zero-order chi connectivity index (χ0) is 11.9. The third kappa shape index (κ3) is 14.0. The Morgan fingerprint density at radius 2 is 1.19 bits per heavy atom. The van der Waals surface area contributed by atoms with E-state index in [9.17, 15) is 0 Å². The summed E-state index contributed by atoms with van der Waals surface area (Å²) in [6.07, 6.45) is 14.5. The van der Waals surface area contributed by atoms with Crippen molar-refractivity contribution in [2.45, 2.75) is 77.6 Å². The Balaban J connectivity index is 2.83. The lowest BCUT2D eigenvalue weighted by molar-refractivity contribution is 0.127. The molecule has 0 aliphatic carbocycles. The predicted molar refractivity (Wildman–Crippen MR) is 72.6 cm³/mol. The fourth-order valence-electron chi connectivity index (χ4n) is 1.79. The van der Waals surface area contributed by atoms with Gasteiger partial charge in [0.15, 0.2) is 0 Å². The Morgan fingerprint density at radius 1 is 0.688 bits per heavy atom. The Labute approximate surface area is 103 Å².